The largest absolute Gasteiger partial charge is 0.325 e. The van der Waals surface area contributed by atoms with E-state index in [1.165, 1.54) is 12.1 Å². The van der Waals surface area contributed by atoms with E-state index in [0.29, 0.717) is 5.56 Å². The summed E-state index contributed by atoms with van der Waals surface area (Å²) in [5.74, 6) is -0.400. The lowest BCUT2D eigenvalue weighted by atomic mass is 9.83. The van der Waals surface area contributed by atoms with Crippen LogP contribution in [0.25, 0.3) is 10.8 Å². The van der Waals surface area contributed by atoms with Gasteiger partial charge in [-0.15, -0.1) is 0 Å². The number of fused-ring (bicyclic) bond motifs is 3. The molecule has 4 rings (SSSR count). The van der Waals surface area contributed by atoms with Crippen LogP contribution in [-0.4, -0.2) is 10.8 Å². The van der Waals surface area contributed by atoms with Gasteiger partial charge in [0.05, 0.1) is 10.6 Å². The van der Waals surface area contributed by atoms with Crippen LogP contribution in [0.3, 0.4) is 0 Å². The van der Waals surface area contributed by atoms with Crippen molar-refractivity contribution in [3.8, 4) is 0 Å². The maximum atomic E-state index is 12.3. The summed E-state index contributed by atoms with van der Waals surface area (Å²) < 4.78 is 0.913. The molecule has 26 heavy (non-hydrogen) atoms. The fraction of sp³-hybridized carbons (Fsp3) is 0.105. The number of anilines is 1. The number of halogens is 2. The van der Waals surface area contributed by atoms with Gasteiger partial charge < -0.3 is 5.32 Å². The van der Waals surface area contributed by atoms with E-state index < -0.39 is 4.92 Å². The molecule has 0 saturated carbocycles. The second-order valence-electron chi connectivity index (χ2n) is 6.14. The Bertz CT molecular complexity index is 1080. The molecule has 0 aromatic heterocycles. The fourth-order valence-corrected chi connectivity index (χ4v) is 4.21. The highest BCUT2D eigenvalue weighted by Gasteiger charge is 2.30. The molecule has 1 aliphatic heterocycles. The van der Waals surface area contributed by atoms with E-state index in [9.17, 15) is 14.9 Å². The van der Waals surface area contributed by atoms with E-state index in [1.807, 2.05) is 30.3 Å². The molecule has 7 heteroatoms. The summed E-state index contributed by atoms with van der Waals surface area (Å²) in [6.45, 7) is 0. The Morgan fingerprint density at radius 3 is 2.62 bits per heavy atom. The van der Waals surface area contributed by atoms with Crippen LogP contribution < -0.4 is 5.32 Å². The van der Waals surface area contributed by atoms with E-state index >= 15 is 0 Å². The number of hydrogen-bond acceptors (Lipinski definition) is 3. The molecule has 0 bridgehead atoms. The maximum absolute atomic E-state index is 12.3. The third-order valence-corrected chi connectivity index (χ3v) is 5.60. The van der Waals surface area contributed by atoms with Gasteiger partial charge >= 0.3 is 0 Å². The Labute approximate surface area is 162 Å². The van der Waals surface area contributed by atoms with Crippen LogP contribution in [-0.2, 0) is 4.79 Å². The maximum Gasteiger partial charge on any atom is 0.288 e. The smallest absolute Gasteiger partial charge is 0.288 e. The molecule has 0 radical (unpaired) electrons. The Hall–Kier alpha value is -2.44. The van der Waals surface area contributed by atoms with E-state index in [0.717, 1.165) is 26.5 Å². The van der Waals surface area contributed by atoms with Gasteiger partial charge in [0, 0.05) is 28.3 Å². The predicted octanol–water partition coefficient (Wildman–Crippen LogP) is 5.64. The van der Waals surface area contributed by atoms with Crippen LogP contribution in [0.2, 0.25) is 5.02 Å². The SMILES string of the molecule is O=C1C[C@H](c2ccc(Cl)c([N+](=O)[O-])c2)c2cc(Br)c3ccccc3c2N1. The van der Waals surface area contributed by atoms with Crippen molar-refractivity contribution >= 4 is 55.6 Å². The molecule has 0 unspecified atom stereocenters. The minimum atomic E-state index is -0.508. The topological polar surface area (TPSA) is 72.2 Å². The molecule has 3 aromatic carbocycles. The third kappa shape index (κ3) is 2.75. The first-order valence-electron chi connectivity index (χ1n) is 7.90. The summed E-state index contributed by atoms with van der Waals surface area (Å²) in [6, 6.07) is 14.5. The highest BCUT2D eigenvalue weighted by molar-refractivity contribution is 9.10. The molecule has 1 N–H and O–H groups in total. The summed E-state index contributed by atoms with van der Waals surface area (Å²) in [5, 5.41) is 16.2. The zero-order valence-electron chi connectivity index (χ0n) is 13.3. The Kier molecular flexibility index (Phi) is 4.17. The molecule has 0 aliphatic carbocycles. The van der Waals surface area contributed by atoms with E-state index in [-0.39, 0.29) is 29.0 Å². The van der Waals surface area contributed by atoms with Crippen molar-refractivity contribution in [3.05, 3.63) is 79.3 Å². The molecule has 0 spiro atoms. The zero-order chi connectivity index (χ0) is 18.4. The lowest BCUT2D eigenvalue weighted by Crippen LogP contribution is -2.24. The van der Waals surface area contributed by atoms with Gasteiger partial charge in [-0.1, -0.05) is 57.9 Å². The molecular formula is C19H12BrClN2O3. The van der Waals surface area contributed by atoms with E-state index in [4.69, 9.17) is 11.6 Å². The first kappa shape index (κ1) is 17.0. The number of nitrogens with zero attached hydrogens (tertiary/aromatic N) is 1. The van der Waals surface area contributed by atoms with Crippen LogP contribution >= 0.6 is 27.5 Å². The highest BCUT2D eigenvalue weighted by Crippen LogP contribution is 2.44. The molecule has 1 heterocycles. The number of benzene rings is 3. The van der Waals surface area contributed by atoms with Gasteiger partial charge in [-0.05, 0) is 28.6 Å². The first-order valence-corrected chi connectivity index (χ1v) is 9.07. The van der Waals surface area contributed by atoms with Crippen molar-refractivity contribution < 1.29 is 9.72 Å². The van der Waals surface area contributed by atoms with Gasteiger partial charge in [0.2, 0.25) is 5.91 Å². The number of hydrogen-bond donors (Lipinski definition) is 1. The number of nitro benzene ring substituents is 1. The molecular weight excluding hydrogens is 420 g/mol. The number of nitrogens with one attached hydrogen (secondary N) is 1. The molecule has 3 aromatic rings. The van der Waals surface area contributed by atoms with Gasteiger partial charge in [0.1, 0.15) is 5.02 Å². The van der Waals surface area contributed by atoms with Crippen molar-refractivity contribution in [3.63, 3.8) is 0 Å². The van der Waals surface area contributed by atoms with Gasteiger partial charge in [0.25, 0.3) is 5.69 Å². The van der Waals surface area contributed by atoms with Gasteiger partial charge in [-0.2, -0.15) is 0 Å². The lowest BCUT2D eigenvalue weighted by molar-refractivity contribution is -0.384. The van der Waals surface area contributed by atoms with Crippen molar-refractivity contribution in [2.45, 2.75) is 12.3 Å². The summed E-state index contributed by atoms with van der Waals surface area (Å²) >= 11 is 9.53. The summed E-state index contributed by atoms with van der Waals surface area (Å²) in [4.78, 5) is 23.1. The average Bonchev–Trinajstić information content (AvgIpc) is 2.62. The van der Waals surface area contributed by atoms with Gasteiger partial charge in [-0.25, -0.2) is 0 Å². The van der Waals surface area contributed by atoms with Crippen LogP contribution in [0.15, 0.2) is 53.0 Å². The second-order valence-corrected chi connectivity index (χ2v) is 7.40. The minimum Gasteiger partial charge on any atom is -0.325 e. The normalized spacial score (nSPS) is 16.2. The summed E-state index contributed by atoms with van der Waals surface area (Å²) in [5.41, 5.74) is 2.21. The van der Waals surface area contributed by atoms with Crippen LogP contribution in [0.4, 0.5) is 11.4 Å². The second kappa shape index (κ2) is 6.37. The lowest BCUT2D eigenvalue weighted by Gasteiger charge is -2.28. The van der Waals surface area contributed by atoms with Crippen LogP contribution in [0, 0.1) is 10.1 Å². The molecule has 1 amide bonds. The average molecular weight is 432 g/mol. The van der Waals surface area contributed by atoms with E-state index in [2.05, 4.69) is 21.2 Å². The minimum absolute atomic E-state index is 0.0823. The molecule has 1 aliphatic rings. The number of carbonyl (C=O) groups is 1. The van der Waals surface area contributed by atoms with Crippen molar-refractivity contribution in [1.29, 1.82) is 0 Å². The monoisotopic (exact) mass is 430 g/mol. The third-order valence-electron chi connectivity index (χ3n) is 4.62. The van der Waals surface area contributed by atoms with E-state index in [1.54, 1.807) is 6.07 Å². The standard InChI is InChI=1S/C19H12BrClN2O3/c20-15-8-14-13(10-5-6-16(21)17(7-10)23(25)26)9-18(24)22-19(14)12-4-2-1-3-11(12)15/h1-8,13H,9H2,(H,22,24)/t13-/m1/s1. The number of amides is 1. The molecule has 1 atom stereocenters. The highest BCUT2D eigenvalue weighted by atomic mass is 79.9. The van der Waals surface area contributed by atoms with Crippen molar-refractivity contribution in [1.82, 2.24) is 0 Å². The van der Waals surface area contributed by atoms with Crippen LogP contribution in [0.5, 0.6) is 0 Å². The van der Waals surface area contributed by atoms with Crippen LogP contribution in [0.1, 0.15) is 23.5 Å². The summed E-state index contributed by atoms with van der Waals surface area (Å²) in [7, 11) is 0. The first-order chi connectivity index (χ1) is 12.5. The Morgan fingerprint density at radius 2 is 1.88 bits per heavy atom. The number of rotatable bonds is 2. The molecule has 0 saturated heterocycles. The van der Waals surface area contributed by atoms with Crippen molar-refractivity contribution in [2.75, 3.05) is 5.32 Å². The predicted molar refractivity (Wildman–Crippen MR) is 105 cm³/mol. The molecule has 0 fully saturated rings. The molecule has 130 valence electrons. The molecule has 5 nitrogen and oxygen atoms in total. The number of carbonyl (C=O) groups excluding carboxylic acids is 1. The number of nitro groups is 1. The Balaban J connectivity index is 1.95. The van der Waals surface area contributed by atoms with Gasteiger partial charge in [0.15, 0.2) is 0 Å². The fourth-order valence-electron chi connectivity index (χ4n) is 3.44. The van der Waals surface area contributed by atoms with Crippen molar-refractivity contribution in [2.24, 2.45) is 0 Å². The Morgan fingerprint density at radius 1 is 1.15 bits per heavy atom. The zero-order valence-corrected chi connectivity index (χ0v) is 15.7. The quantitative estimate of drug-likeness (QED) is 0.422. The van der Waals surface area contributed by atoms with Gasteiger partial charge in [-0.3, -0.25) is 14.9 Å². The summed E-state index contributed by atoms with van der Waals surface area (Å²) in [6.07, 6.45) is 0.219.